The van der Waals surface area contributed by atoms with Gasteiger partial charge in [0.25, 0.3) is 11.5 Å². The number of para-hydroxylation sites is 1. The molecule has 0 aliphatic carbocycles. The zero-order chi connectivity index (χ0) is 23.1. The van der Waals surface area contributed by atoms with Crippen LogP contribution in [-0.2, 0) is 6.42 Å². The number of nitriles is 1. The Labute approximate surface area is 185 Å². The van der Waals surface area contributed by atoms with Crippen molar-refractivity contribution in [3.63, 3.8) is 0 Å². The fourth-order valence-electron chi connectivity index (χ4n) is 3.09. The van der Waals surface area contributed by atoms with Gasteiger partial charge in [0.2, 0.25) is 0 Å². The number of ether oxygens (including phenoxy) is 1. The highest BCUT2D eigenvalue weighted by Crippen LogP contribution is 2.16. The van der Waals surface area contributed by atoms with Gasteiger partial charge in [0.05, 0.1) is 18.5 Å². The van der Waals surface area contributed by atoms with Gasteiger partial charge in [0.1, 0.15) is 17.4 Å². The summed E-state index contributed by atoms with van der Waals surface area (Å²) in [4.78, 5) is 25.5. The molecule has 0 spiro atoms. The number of amides is 1. The molecule has 2 aromatic carbocycles. The number of carbonyl (C=O) groups excluding carboxylic acids is 1. The Morgan fingerprint density at radius 2 is 1.94 bits per heavy atom. The lowest BCUT2D eigenvalue weighted by atomic mass is 10.1. The molecule has 1 heterocycles. The molecule has 1 aromatic heterocycles. The number of hydrogen-bond acceptors (Lipinski definition) is 6. The van der Waals surface area contributed by atoms with Crippen molar-refractivity contribution in [2.24, 2.45) is 5.10 Å². The van der Waals surface area contributed by atoms with Crippen molar-refractivity contribution >= 4 is 12.1 Å². The number of aromatic nitrogens is 2. The van der Waals surface area contributed by atoms with E-state index in [1.54, 1.807) is 24.3 Å². The first-order valence-corrected chi connectivity index (χ1v) is 10.2. The molecular weight excluding hydrogens is 406 g/mol. The minimum atomic E-state index is -0.636. The zero-order valence-corrected chi connectivity index (χ0v) is 18.1. The molecule has 1 N–H and O–H groups in total. The van der Waals surface area contributed by atoms with Crippen LogP contribution in [0.25, 0.3) is 5.69 Å². The average Bonchev–Trinajstić information content (AvgIpc) is 2.81. The monoisotopic (exact) mass is 429 g/mol. The van der Waals surface area contributed by atoms with E-state index in [0.717, 1.165) is 16.7 Å². The molecular formula is C24H23N5O3. The number of benzene rings is 2. The van der Waals surface area contributed by atoms with E-state index in [2.05, 4.69) is 15.6 Å². The minimum absolute atomic E-state index is 0.0593. The van der Waals surface area contributed by atoms with Crippen molar-refractivity contribution in [3.8, 4) is 17.5 Å². The Balaban J connectivity index is 1.94. The van der Waals surface area contributed by atoms with Crippen LogP contribution < -0.4 is 15.7 Å². The molecule has 0 aliphatic rings. The van der Waals surface area contributed by atoms with Crippen molar-refractivity contribution in [2.45, 2.75) is 27.2 Å². The van der Waals surface area contributed by atoms with Crippen LogP contribution in [0.5, 0.6) is 5.75 Å². The number of carbonyl (C=O) groups is 1. The van der Waals surface area contributed by atoms with Gasteiger partial charge in [-0.3, -0.25) is 9.59 Å². The number of hydrogen-bond donors (Lipinski definition) is 1. The van der Waals surface area contributed by atoms with Crippen molar-refractivity contribution in [3.05, 3.63) is 86.8 Å². The average molecular weight is 429 g/mol. The molecule has 3 aromatic rings. The molecule has 8 heteroatoms. The third kappa shape index (κ3) is 4.73. The lowest BCUT2D eigenvalue weighted by molar-refractivity contribution is 0.0947. The van der Waals surface area contributed by atoms with Gasteiger partial charge in [-0.2, -0.15) is 20.1 Å². The molecule has 32 heavy (non-hydrogen) atoms. The Morgan fingerprint density at radius 3 is 2.59 bits per heavy atom. The molecule has 1 amide bonds. The summed E-state index contributed by atoms with van der Waals surface area (Å²) in [7, 11) is 0. The second-order valence-corrected chi connectivity index (χ2v) is 6.87. The first-order chi connectivity index (χ1) is 15.5. The predicted molar refractivity (Wildman–Crippen MR) is 121 cm³/mol. The third-order valence-electron chi connectivity index (χ3n) is 4.84. The van der Waals surface area contributed by atoms with Gasteiger partial charge in [-0.25, -0.2) is 5.43 Å². The van der Waals surface area contributed by atoms with E-state index >= 15 is 0 Å². The lowest BCUT2D eigenvalue weighted by Crippen LogP contribution is -2.31. The molecule has 162 valence electrons. The van der Waals surface area contributed by atoms with Crippen LogP contribution in [0.4, 0.5) is 0 Å². The summed E-state index contributed by atoms with van der Waals surface area (Å²) in [6, 6.07) is 16.4. The highest BCUT2D eigenvalue weighted by molar-refractivity contribution is 5.95. The fourth-order valence-corrected chi connectivity index (χ4v) is 3.09. The number of aryl methyl sites for hydroxylation is 1. The van der Waals surface area contributed by atoms with Crippen LogP contribution in [0.3, 0.4) is 0 Å². The van der Waals surface area contributed by atoms with Crippen LogP contribution in [0.2, 0.25) is 0 Å². The van der Waals surface area contributed by atoms with Gasteiger partial charge in [-0.1, -0.05) is 31.2 Å². The van der Waals surface area contributed by atoms with E-state index in [9.17, 15) is 14.9 Å². The van der Waals surface area contributed by atoms with Gasteiger partial charge in [-0.15, -0.1) is 0 Å². The van der Waals surface area contributed by atoms with Crippen LogP contribution in [0, 0.1) is 18.3 Å². The van der Waals surface area contributed by atoms with E-state index in [1.807, 2.05) is 44.2 Å². The van der Waals surface area contributed by atoms with Crippen LogP contribution in [-0.4, -0.2) is 28.5 Å². The highest BCUT2D eigenvalue weighted by atomic mass is 16.5. The SMILES string of the molecule is CCOc1ccccc1/C=N/NC(=O)c1nn(-c2ccc(CC)cc2)c(=O)c(C#N)c1C. The summed E-state index contributed by atoms with van der Waals surface area (Å²) in [5.74, 6) is 0.00113. The maximum Gasteiger partial charge on any atom is 0.292 e. The van der Waals surface area contributed by atoms with Gasteiger partial charge >= 0.3 is 0 Å². The van der Waals surface area contributed by atoms with E-state index in [0.29, 0.717) is 23.6 Å². The van der Waals surface area contributed by atoms with Gasteiger partial charge < -0.3 is 4.74 Å². The molecule has 8 nitrogen and oxygen atoms in total. The second-order valence-electron chi connectivity index (χ2n) is 6.87. The molecule has 0 atom stereocenters. The maximum absolute atomic E-state index is 12.8. The number of nitrogens with one attached hydrogen (secondary N) is 1. The molecule has 0 aliphatic heterocycles. The van der Waals surface area contributed by atoms with Crippen LogP contribution in [0.1, 0.15) is 46.6 Å². The number of nitrogens with zero attached hydrogens (tertiary/aromatic N) is 4. The summed E-state index contributed by atoms with van der Waals surface area (Å²) >= 11 is 0. The first-order valence-electron chi connectivity index (χ1n) is 10.2. The second kappa shape index (κ2) is 10.2. The van der Waals surface area contributed by atoms with Crippen molar-refractivity contribution in [1.29, 1.82) is 5.26 Å². The minimum Gasteiger partial charge on any atom is -0.493 e. The van der Waals surface area contributed by atoms with Crippen molar-refractivity contribution < 1.29 is 9.53 Å². The third-order valence-corrected chi connectivity index (χ3v) is 4.84. The lowest BCUT2D eigenvalue weighted by Gasteiger charge is -2.11. The van der Waals surface area contributed by atoms with E-state index in [-0.39, 0.29) is 16.8 Å². The standard InChI is InChI=1S/C24H23N5O3/c1-4-17-10-12-19(13-11-17)29-24(31)20(14-25)16(3)22(28-29)23(30)27-26-15-18-8-6-7-9-21(18)32-5-2/h6-13,15H,4-5H2,1-3H3,(H,27,30)/b26-15+. The summed E-state index contributed by atoms with van der Waals surface area (Å²) in [6.07, 6.45) is 2.31. The Hall–Kier alpha value is -4.25. The van der Waals surface area contributed by atoms with E-state index in [4.69, 9.17) is 4.74 Å². The Morgan fingerprint density at radius 1 is 1.22 bits per heavy atom. The highest BCUT2D eigenvalue weighted by Gasteiger charge is 2.20. The molecule has 0 radical (unpaired) electrons. The molecule has 0 fully saturated rings. The summed E-state index contributed by atoms with van der Waals surface area (Å²) in [5.41, 5.74) is 4.07. The van der Waals surface area contributed by atoms with Crippen molar-refractivity contribution in [1.82, 2.24) is 15.2 Å². The molecule has 0 bridgehead atoms. The van der Waals surface area contributed by atoms with Crippen LogP contribution >= 0.6 is 0 Å². The first kappa shape index (κ1) is 22.4. The topological polar surface area (TPSA) is 109 Å². The summed E-state index contributed by atoms with van der Waals surface area (Å²) < 4.78 is 6.60. The fraction of sp³-hybridized carbons (Fsp3) is 0.208. The molecule has 3 rings (SSSR count). The molecule has 0 unspecified atom stereocenters. The quantitative estimate of drug-likeness (QED) is 0.458. The van der Waals surface area contributed by atoms with E-state index in [1.165, 1.54) is 13.1 Å². The maximum atomic E-state index is 12.8. The normalized spacial score (nSPS) is 10.7. The van der Waals surface area contributed by atoms with Crippen molar-refractivity contribution in [2.75, 3.05) is 6.61 Å². The Bertz CT molecular complexity index is 1250. The number of hydrazone groups is 1. The predicted octanol–water partition coefficient (Wildman–Crippen LogP) is 3.14. The van der Waals surface area contributed by atoms with Gasteiger partial charge in [-0.05, 0) is 50.1 Å². The number of rotatable bonds is 7. The molecule has 0 saturated carbocycles. The van der Waals surface area contributed by atoms with Gasteiger partial charge in [0, 0.05) is 11.1 Å². The Kier molecular flexibility index (Phi) is 7.13. The zero-order valence-electron chi connectivity index (χ0n) is 18.1. The summed E-state index contributed by atoms with van der Waals surface area (Å²) in [5, 5.41) is 17.7. The molecule has 0 saturated heterocycles. The summed E-state index contributed by atoms with van der Waals surface area (Å²) in [6.45, 7) is 5.91. The van der Waals surface area contributed by atoms with Crippen LogP contribution in [0.15, 0.2) is 58.4 Å². The van der Waals surface area contributed by atoms with E-state index < -0.39 is 11.5 Å². The smallest absolute Gasteiger partial charge is 0.292 e. The van der Waals surface area contributed by atoms with Gasteiger partial charge in [0.15, 0.2) is 5.69 Å². The largest absolute Gasteiger partial charge is 0.493 e.